The fourth-order valence-electron chi connectivity index (χ4n) is 2.06. The van der Waals surface area contributed by atoms with Crippen molar-refractivity contribution >= 4 is 38.6 Å². The number of nitrogens with zero attached hydrogens (tertiary/aromatic N) is 2. The number of hydrogen-bond acceptors (Lipinski definition) is 3. The highest BCUT2D eigenvalue weighted by atomic mass is 127. The Labute approximate surface area is 121 Å². The largest absolute Gasteiger partial charge is 0.303 e. The van der Waals surface area contributed by atoms with Gasteiger partial charge in [-0.25, -0.2) is 4.98 Å². The highest BCUT2D eigenvalue weighted by Gasteiger charge is 2.29. The molecule has 1 aromatic heterocycles. The first kappa shape index (κ1) is 14.0. The Bertz CT molecular complexity index is 504. The number of pyridine rings is 1. The van der Waals surface area contributed by atoms with E-state index in [0.717, 1.165) is 22.8 Å². The molecule has 100 valence electrons. The van der Waals surface area contributed by atoms with E-state index in [9.17, 15) is 8.42 Å². The van der Waals surface area contributed by atoms with Crippen molar-refractivity contribution in [3.8, 4) is 0 Å². The van der Waals surface area contributed by atoms with Gasteiger partial charge in [0, 0.05) is 22.4 Å². The molecule has 5 nitrogen and oxygen atoms in total. The van der Waals surface area contributed by atoms with Gasteiger partial charge in [0.05, 0.1) is 0 Å². The van der Waals surface area contributed by atoms with E-state index in [1.54, 1.807) is 12.3 Å². The normalized spacial score (nSPS) is 21.8. The van der Waals surface area contributed by atoms with E-state index in [1.807, 2.05) is 13.0 Å². The van der Waals surface area contributed by atoms with E-state index in [4.69, 9.17) is 0 Å². The second-order valence-corrected chi connectivity index (χ2v) is 7.29. The Balaban J connectivity index is 2.13. The molecule has 0 saturated carbocycles. The van der Waals surface area contributed by atoms with Gasteiger partial charge in [-0.1, -0.05) is 6.42 Å². The van der Waals surface area contributed by atoms with Crippen molar-refractivity contribution in [2.75, 3.05) is 11.3 Å². The summed E-state index contributed by atoms with van der Waals surface area (Å²) >= 11 is 2.13. The van der Waals surface area contributed by atoms with Crippen LogP contribution in [0, 0.1) is 3.57 Å². The second kappa shape index (κ2) is 5.70. The second-order valence-electron chi connectivity index (χ2n) is 4.42. The fourth-order valence-corrected chi connectivity index (χ4v) is 3.83. The maximum Gasteiger partial charge on any atom is 0.303 e. The number of rotatable bonds is 3. The van der Waals surface area contributed by atoms with Gasteiger partial charge in [-0.3, -0.25) is 4.72 Å². The average molecular weight is 381 g/mol. The molecule has 1 aromatic rings. The van der Waals surface area contributed by atoms with E-state index in [0.29, 0.717) is 12.4 Å². The van der Waals surface area contributed by atoms with Crippen LogP contribution in [-0.2, 0) is 10.2 Å². The summed E-state index contributed by atoms with van der Waals surface area (Å²) < 4.78 is 29.5. The van der Waals surface area contributed by atoms with Crippen molar-refractivity contribution in [3.05, 3.63) is 21.9 Å². The van der Waals surface area contributed by atoms with Crippen LogP contribution in [0.15, 0.2) is 18.3 Å². The SMILES string of the molecule is CC1CCCCN1S(=O)(=O)Nc1ccc(I)cn1. The molecule has 0 radical (unpaired) electrons. The van der Waals surface area contributed by atoms with E-state index in [-0.39, 0.29) is 6.04 Å². The van der Waals surface area contributed by atoms with Crippen molar-refractivity contribution in [1.82, 2.24) is 9.29 Å². The number of piperidine rings is 1. The number of halogens is 1. The molecular formula is C11H16IN3O2S. The van der Waals surface area contributed by atoms with Crippen molar-refractivity contribution in [2.45, 2.75) is 32.2 Å². The maximum atomic E-state index is 12.2. The predicted octanol–water partition coefficient (Wildman–Crippen LogP) is 2.22. The Kier molecular flexibility index (Phi) is 4.44. The van der Waals surface area contributed by atoms with Gasteiger partial charge < -0.3 is 0 Å². The Morgan fingerprint density at radius 3 is 2.83 bits per heavy atom. The molecule has 1 fully saturated rings. The standard InChI is InChI=1S/C11H16IN3O2S/c1-9-4-2-3-7-15(9)18(16,17)14-11-6-5-10(12)8-13-11/h5-6,8-9H,2-4,7H2,1H3,(H,13,14). The van der Waals surface area contributed by atoms with Gasteiger partial charge in [0.15, 0.2) is 0 Å². The fraction of sp³-hybridized carbons (Fsp3) is 0.545. The third-order valence-electron chi connectivity index (χ3n) is 3.01. The van der Waals surface area contributed by atoms with E-state index < -0.39 is 10.2 Å². The third-order valence-corrected chi connectivity index (χ3v) is 5.28. The lowest BCUT2D eigenvalue weighted by molar-refractivity contribution is 0.270. The molecule has 0 aromatic carbocycles. The van der Waals surface area contributed by atoms with Gasteiger partial charge in [0.25, 0.3) is 0 Å². The molecule has 1 unspecified atom stereocenters. The summed E-state index contributed by atoms with van der Waals surface area (Å²) in [5.74, 6) is 0.369. The summed E-state index contributed by atoms with van der Waals surface area (Å²) in [6, 6.07) is 3.55. The van der Waals surface area contributed by atoms with Crippen molar-refractivity contribution < 1.29 is 8.42 Å². The molecule has 1 atom stereocenters. The topological polar surface area (TPSA) is 62.3 Å². The van der Waals surface area contributed by atoms with Crippen LogP contribution in [0.2, 0.25) is 0 Å². The van der Waals surface area contributed by atoms with Gasteiger partial charge >= 0.3 is 10.2 Å². The summed E-state index contributed by atoms with van der Waals surface area (Å²) in [6.45, 7) is 2.53. The summed E-state index contributed by atoms with van der Waals surface area (Å²) in [5.41, 5.74) is 0. The average Bonchev–Trinajstić information content (AvgIpc) is 2.32. The van der Waals surface area contributed by atoms with Crippen molar-refractivity contribution in [3.63, 3.8) is 0 Å². The van der Waals surface area contributed by atoms with Gasteiger partial charge in [-0.2, -0.15) is 12.7 Å². The van der Waals surface area contributed by atoms with Crippen molar-refractivity contribution in [1.29, 1.82) is 0 Å². The summed E-state index contributed by atoms with van der Waals surface area (Å²) in [4.78, 5) is 4.06. The summed E-state index contributed by atoms with van der Waals surface area (Å²) in [7, 11) is -3.48. The lowest BCUT2D eigenvalue weighted by Gasteiger charge is -2.32. The first-order chi connectivity index (χ1) is 8.49. The van der Waals surface area contributed by atoms with Crippen LogP contribution < -0.4 is 4.72 Å². The molecule has 0 amide bonds. The van der Waals surface area contributed by atoms with Gasteiger partial charge in [0.1, 0.15) is 5.82 Å². The minimum atomic E-state index is -3.48. The highest BCUT2D eigenvalue weighted by molar-refractivity contribution is 14.1. The van der Waals surface area contributed by atoms with Crippen molar-refractivity contribution in [2.24, 2.45) is 0 Å². The molecule has 1 aliphatic heterocycles. The third kappa shape index (κ3) is 3.33. The van der Waals surface area contributed by atoms with E-state index in [1.165, 1.54) is 4.31 Å². The molecule has 7 heteroatoms. The first-order valence-electron chi connectivity index (χ1n) is 5.90. The minimum absolute atomic E-state index is 0.0556. The summed E-state index contributed by atoms with van der Waals surface area (Å²) in [5, 5.41) is 0. The van der Waals surface area contributed by atoms with E-state index in [2.05, 4.69) is 32.3 Å². The zero-order valence-electron chi connectivity index (χ0n) is 10.1. The quantitative estimate of drug-likeness (QED) is 0.817. The molecule has 2 heterocycles. The van der Waals surface area contributed by atoms with Crippen LogP contribution in [0.4, 0.5) is 5.82 Å². The molecule has 0 aliphatic carbocycles. The Hall–Kier alpha value is -0.410. The lowest BCUT2D eigenvalue weighted by Crippen LogP contribution is -2.44. The lowest BCUT2D eigenvalue weighted by atomic mass is 10.1. The Morgan fingerprint density at radius 1 is 1.44 bits per heavy atom. The zero-order chi connectivity index (χ0) is 13.2. The van der Waals surface area contributed by atoms with Crippen LogP contribution in [0.25, 0.3) is 0 Å². The molecule has 1 aliphatic rings. The first-order valence-corrected chi connectivity index (χ1v) is 8.42. The van der Waals surface area contributed by atoms with Crippen LogP contribution >= 0.6 is 22.6 Å². The Morgan fingerprint density at radius 2 is 2.22 bits per heavy atom. The predicted molar refractivity (Wildman–Crippen MR) is 79.5 cm³/mol. The highest BCUT2D eigenvalue weighted by Crippen LogP contribution is 2.21. The molecule has 0 spiro atoms. The molecule has 1 N–H and O–H groups in total. The number of hydrogen-bond donors (Lipinski definition) is 1. The summed E-state index contributed by atoms with van der Waals surface area (Å²) in [6.07, 6.45) is 4.57. The molecule has 2 rings (SSSR count). The maximum absolute atomic E-state index is 12.2. The molecular weight excluding hydrogens is 365 g/mol. The zero-order valence-corrected chi connectivity index (χ0v) is 13.1. The smallest absolute Gasteiger partial charge is 0.254 e. The van der Waals surface area contributed by atoms with Crippen LogP contribution in [0.1, 0.15) is 26.2 Å². The number of anilines is 1. The van der Waals surface area contributed by atoms with Gasteiger partial charge in [-0.05, 0) is 54.5 Å². The van der Waals surface area contributed by atoms with Crippen LogP contribution in [0.5, 0.6) is 0 Å². The minimum Gasteiger partial charge on any atom is -0.254 e. The number of aromatic nitrogens is 1. The molecule has 0 bridgehead atoms. The van der Waals surface area contributed by atoms with Gasteiger partial charge in [-0.15, -0.1) is 0 Å². The van der Waals surface area contributed by atoms with E-state index >= 15 is 0 Å². The van der Waals surface area contributed by atoms with Crippen LogP contribution in [-0.4, -0.2) is 30.3 Å². The number of nitrogens with one attached hydrogen (secondary N) is 1. The van der Waals surface area contributed by atoms with Gasteiger partial charge in [0.2, 0.25) is 0 Å². The van der Waals surface area contributed by atoms with Crippen LogP contribution in [0.3, 0.4) is 0 Å². The molecule has 18 heavy (non-hydrogen) atoms. The molecule has 1 saturated heterocycles. The monoisotopic (exact) mass is 381 g/mol.